The number of benzene rings is 2. The minimum Gasteiger partial charge on any atom is -0.257 e. The van der Waals surface area contributed by atoms with E-state index < -0.39 is 46.0 Å². The van der Waals surface area contributed by atoms with Gasteiger partial charge in [-0.05, 0) is 30.3 Å². The van der Waals surface area contributed by atoms with Crippen LogP contribution in [0.1, 0.15) is 18.0 Å². The standard InChI is InChI=1S/C16H12F5N3O2S/c17-12-3-1-2-11(15(12)18)13-8-14(16(19,20)21)23-24(13)9-4-6-10(7-5-9)27(22,25)26/h1-7,13H,8H2,(H2,22,25,26). The normalized spacial score (nSPS) is 17.9. The molecule has 27 heavy (non-hydrogen) atoms. The second-order valence-electron chi connectivity index (χ2n) is 5.79. The maximum atomic E-state index is 14.2. The molecule has 1 aliphatic heterocycles. The van der Waals surface area contributed by atoms with Crippen LogP contribution in [0.25, 0.3) is 0 Å². The third-order valence-electron chi connectivity index (χ3n) is 4.01. The molecule has 5 nitrogen and oxygen atoms in total. The highest BCUT2D eigenvalue weighted by Gasteiger charge is 2.44. The highest BCUT2D eigenvalue weighted by Crippen LogP contribution is 2.40. The van der Waals surface area contributed by atoms with Gasteiger partial charge in [-0.25, -0.2) is 22.3 Å². The van der Waals surface area contributed by atoms with Gasteiger partial charge in [0.1, 0.15) is 5.71 Å². The quantitative estimate of drug-likeness (QED) is 0.795. The second-order valence-corrected chi connectivity index (χ2v) is 7.35. The highest BCUT2D eigenvalue weighted by molar-refractivity contribution is 7.89. The van der Waals surface area contributed by atoms with Crippen molar-refractivity contribution in [1.29, 1.82) is 0 Å². The number of hydrogen-bond acceptors (Lipinski definition) is 4. The Balaban J connectivity index is 2.07. The van der Waals surface area contributed by atoms with Gasteiger partial charge < -0.3 is 0 Å². The van der Waals surface area contributed by atoms with Gasteiger partial charge in [0.2, 0.25) is 10.0 Å². The molecular weight excluding hydrogens is 393 g/mol. The molecule has 0 fully saturated rings. The minimum atomic E-state index is -4.75. The first-order valence-electron chi connectivity index (χ1n) is 7.49. The van der Waals surface area contributed by atoms with E-state index in [0.29, 0.717) is 0 Å². The average molecular weight is 405 g/mol. The second kappa shape index (κ2) is 6.57. The molecule has 11 heteroatoms. The lowest BCUT2D eigenvalue weighted by molar-refractivity contribution is -0.0600. The Morgan fingerprint density at radius 2 is 1.70 bits per heavy atom. The predicted molar refractivity (Wildman–Crippen MR) is 87.5 cm³/mol. The molecule has 1 unspecified atom stereocenters. The van der Waals surface area contributed by atoms with E-state index in [4.69, 9.17) is 5.14 Å². The zero-order valence-corrected chi connectivity index (χ0v) is 14.2. The molecule has 2 aromatic rings. The number of primary sulfonamides is 1. The van der Waals surface area contributed by atoms with Crippen molar-refractivity contribution in [3.8, 4) is 0 Å². The monoisotopic (exact) mass is 405 g/mol. The van der Waals surface area contributed by atoms with Crippen LogP contribution < -0.4 is 10.1 Å². The van der Waals surface area contributed by atoms with Crippen LogP contribution in [0.4, 0.5) is 27.6 Å². The molecule has 0 spiro atoms. The van der Waals surface area contributed by atoms with Crippen LogP contribution in [0, 0.1) is 11.6 Å². The summed E-state index contributed by atoms with van der Waals surface area (Å²) in [6.45, 7) is 0. The molecule has 1 aliphatic rings. The Morgan fingerprint density at radius 3 is 2.26 bits per heavy atom. The van der Waals surface area contributed by atoms with E-state index in [1.165, 1.54) is 24.3 Å². The molecule has 1 atom stereocenters. The summed E-state index contributed by atoms with van der Waals surface area (Å²) in [5.41, 5.74) is -1.39. The number of sulfonamides is 1. The molecule has 0 amide bonds. The Morgan fingerprint density at radius 1 is 1.07 bits per heavy atom. The number of anilines is 1. The van der Waals surface area contributed by atoms with Gasteiger partial charge in [0.05, 0.1) is 16.6 Å². The molecule has 0 radical (unpaired) electrons. The molecule has 2 N–H and O–H groups in total. The van der Waals surface area contributed by atoms with Crippen molar-refractivity contribution in [3.63, 3.8) is 0 Å². The van der Waals surface area contributed by atoms with Gasteiger partial charge in [-0.1, -0.05) is 12.1 Å². The van der Waals surface area contributed by atoms with E-state index in [9.17, 15) is 30.4 Å². The summed E-state index contributed by atoms with van der Waals surface area (Å²) in [4.78, 5) is -0.251. The molecular formula is C16H12F5N3O2S. The SMILES string of the molecule is NS(=O)(=O)c1ccc(N2N=C(C(F)(F)F)CC2c2cccc(F)c2F)cc1. The number of halogens is 5. The van der Waals surface area contributed by atoms with Crippen LogP contribution >= 0.6 is 0 Å². The lowest BCUT2D eigenvalue weighted by Gasteiger charge is -2.24. The number of hydrogen-bond donors (Lipinski definition) is 1. The molecule has 1 heterocycles. The summed E-state index contributed by atoms with van der Waals surface area (Å²) >= 11 is 0. The summed E-state index contributed by atoms with van der Waals surface area (Å²) in [5, 5.41) is 9.37. The lowest BCUT2D eigenvalue weighted by atomic mass is 10.0. The number of rotatable bonds is 3. The Labute approximate surface area is 150 Å². The van der Waals surface area contributed by atoms with Crippen molar-refractivity contribution in [2.75, 3.05) is 5.01 Å². The van der Waals surface area contributed by atoms with Gasteiger partial charge in [-0.3, -0.25) is 5.01 Å². The van der Waals surface area contributed by atoms with E-state index >= 15 is 0 Å². The first-order valence-corrected chi connectivity index (χ1v) is 9.04. The fraction of sp³-hybridized carbons (Fsp3) is 0.188. The molecule has 144 valence electrons. The topological polar surface area (TPSA) is 75.8 Å². The molecule has 0 aliphatic carbocycles. The van der Waals surface area contributed by atoms with E-state index in [0.717, 1.165) is 23.2 Å². The Hall–Kier alpha value is -2.53. The van der Waals surface area contributed by atoms with Gasteiger partial charge in [0.25, 0.3) is 0 Å². The van der Waals surface area contributed by atoms with Crippen molar-refractivity contribution in [2.24, 2.45) is 10.2 Å². The molecule has 3 rings (SSSR count). The fourth-order valence-corrected chi connectivity index (χ4v) is 3.24. The molecule has 0 aromatic heterocycles. The van der Waals surface area contributed by atoms with Gasteiger partial charge in [-0.15, -0.1) is 0 Å². The summed E-state index contributed by atoms with van der Waals surface area (Å²) in [7, 11) is -4.00. The van der Waals surface area contributed by atoms with Gasteiger partial charge in [0, 0.05) is 12.0 Å². The van der Waals surface area contributed by atoms with E-state index in [1.54, 1.807) is 0 Å². The van der Waals surface area contributed by atoms with E-state index in [2.05, 4.69) is 5.10 Å². The van der Waals surface area contributed by atoms with Crippen LogP contribution in [0.15, 0.2) is 52.5 Å². The van der Waals surface area contributed by atoms with E-state index in [1.807, 2.05) is 0 Å². The van der Waals surface area contributed by atoms with Crippen LogP contribution in [0.3, 0.4) is 0 Å². The largest absolute Gasteiger partial charge is 0.431 e. The Kier molecular flexibility index (Phi) is 4.68. The van der Waals surface area contributed by atoms with Gasteiger partial charge >= 0.3 is 6.18 Å². The lowest BCUT2D eigenvalue weighted by Crippen LogP contribution is -2.22. The van der Waals surface area contributed by atoms with Gasteiger partial charge in [-0.2, -0.15) is 18.3 Å². The highest BCUT2D eigenvalue weighted by atomic mass is 32.2. The first kappa shape index (κ1) is 19.2. The third kappa shape index (κ3) is 3.78. The maximum absolute atomic E-state index is 14.2. The smallest absolute Gasteiger partial charge is 0.257 e. The zero-order chi connectivity index (χ0) is 20.0. The summed E-state index contributed by atoms with van der Waals surface area (Å²) < 4.78 is 89.7. The fourth-order valence-electron chi connectivity index (χ4n) is 2.73. The van der Waals surface area contributed by atoms with Crippen molar-refractivity contribution in [2.45, 2.75) is 23.5 Å². The Bertz CT molecular complexity index is 1000. The number of hydrazone groups is 1. The molecule has 0 saturated heterocycles. The van der Waals surface area contributed by atoms with E-state index in [-0.39, 0.29) is 16.1 Å². The first-order chi connectivity index (χ1) is 12.5. The predicted octanol–water partition coefficient (Wildman–Crippen LogP) is 3.48. The molecule has 0 bridgehead atoms. The van der Waals surface area contributed by atoms with Crippen molar-refractivity contribution in [1.82, 2.24) is 0 Å². The molecule has 0 saturated carbocycles. The van der Waals surface area contributed by atoms with Crippen LogP contribution in [-0.4, -0.2) is 20.3 Å². The minimum absolute atomic E-state index is 0.0651. The van der Waals surface area contributed by atoms with Crippen LogP contribution in [0.5, 0.6) is 0 Å². The third-order valence-corrected chi connectivity index (χ3v) is 4.94. The van der Waals surface area contributed by atoms with Crippen molar-refractivity contribution < 1.29 is 30.4 Å². The number of alkyl halides is 3. The summed E-state index contributed by atoms with van der Waals surface area (Å²) in [5.74, 6) is -2.47. The van der Waals surface area contributed by atoms with Crippen LogP contribution in [0.2, 0.25) is 0 Å². The average Bonchev–Trinajstić information content (AvgIpc) is 3.02. The van der Waals surface area contributed by atoms with Gasteiger partial charge in [0.15, 0.2) is 11.6 Å². The maximum Gasteiger partial charge on any atom is 0.431 e. The summed E-state index contributed by atoms with van der Waals surface area (Å²) in [6, 6.07) is 6.50. The zero-order valence-electron chi connectivity index (χ0n) is 13.4. The molecule has 2 aromatic carbocycles. The number of nitrogens with zero attached hydrogens (tertiary/aromatic N) is 2. The summed E-state index contributed by atoms with van der Waals surface area (Å²) in [6.07, 6.45) is -5.45. The van der Waals surface area contributed by atoms with Crippen molar-refractivity contribution >= 4 is 21.4 Å². The number of nitrogens with two attached hydrogens (primary N) is 1. The van der Waals surface area contributed by atoms with Crippen molar-refractivity contribution in [3.05, 3.63) is 59.7 Å². The van der Waals surface area contributed by atoms with Crippen LogP contribution in [-0.2, 0) is 10.0 Å².